The Morgan fingerprint density at radius 2 is 1.96 bits per heavy atom. The van der Waals surface area contributed by atoms with Gasteiger partial charge in [0, 0.05) is 12.3 Å². The molecule has 24 heavy (non-hydrogen) atoms. The molecule has 1 heterocycles. The van der Waals surface area contributed by atoms with Gasteiger partial charge in [0.2, 0.25) is 0 Å². The molecule has 1 aliphatic heterocycles. The van der Waals surface area contributed by atoms with Gasteiger partial charge in [0.25, 0.3) is 0 Å². The number of benzene rings is 1. The summed E-state index contributed by atoms with van der Waals surface area (Å²) >= 11 is 0. The average molecular weight is 332 g/mol. The molecule has 0 bridgehead atoms. The zero-order chi connectivity index (χ0) is 17.3. The lowest BCUT2D eigenvalue weighted by molar-refractivity contribution is -0.178. The zero-order valence-corrected chi connectivity index (χ0v) is 15.0. The lowest BCUT2D eigenvalue weighted by Crippen LogP contribution is -2.52. The summed E-state index contributed by atoms with van der Waals surface area (Å²) in [6, 6.07) is 10.1. The van der Waals surface area contributed by atoms with E-state index in [9.17, 15) is 4.79 Å². The van der Waals surface area contributed by atoms with Crippen molar-refractivity contribution in [3.05, 3.63) is 35.9 Å². The molecule has 1 aliphatic carbocycles. The molecular formula is C20H28O4. The molecule has 5 atom stereocenters. The Kier molecular flexibility index (Phi) is 5.09. The molecule has 1 saturated carbocycles. The minimum Gasteiger partial charge on any atom is -0.370 e. The minimum absolute atomic E-state index is 0.0404. The van der Waals surface area contributed by atoms with Gasteiger partial charge in [0.15, 0.2) is 5.79 Å². The summed E-state index contributed by atoms with van der Waals surface area (Å²) in [5.41, 5.74) is 1.10. The molecule has 4 nitrogen and oxygen atoms in total. The summed E-state index contributed by atoms with van der Waals surface area (Å²) < 4.78 is 18.4. The fourth-order valence-electron chi connectivity index (χ4n) is 3.87. The number of ether oxygens (including phenoxy) is 3. The van der Waals surface area contributed by atoms with Crippen LogP contribution in [0.5, 0.6) is 0 Å². The van der Waals surface area contributed by atoms with Gasteiger partial charge < -0.3 is 14.2 Å². The molecule has 3 rings (SSSR count). The Morgan fingerprint density at radius 3 is 2.54 bits per heavy atom. The number of rotatable bonds is 6. The van der Waals surface area contributed by atoms with Crippen molar-refractivity contribution in [1.29, 1.82) is 0 Å². The third kappa shape index (κ3) is 3.56. The van der Waals surface area contributed by atoms with Gasteiger partial charge in [-0.05, 0) is 31.7 Å². The van der Waals surface area contributed by atoms with Crippen LogP contribution >= 0.6 is 0 Å². The lowest BCUT2D eigenvalue weighted by Gasteiger charge is -2.41. The Labute approximate surface area is 144 Å². The highest BCUT2D eigenvalue weighted by Gasteiger charge is 2.52. The first kappa shape index (κ1) is 17.6. The van der Waals surface area contributed by atoms with Crippen molar-refractivity contribution in [3.8, 4) is 0 Å². The van der Waals surface area contributed by atoms with E-state index in [-0.39, 0.29) is 30.0 Å². The molecule has 0 N–H and O–H groups in total. The monoisotopic (exact) mass is 332 g/mol. The molecule has 0 aromatic heterocycles. The summed E-state index contributed by atoms with van der Waals surface area (Å²) in [5.74, 6) is -0.104. The van der Waals surface area contributed by atoms with E-state index in [0.29, 0.717) is 18.9 Å². The molecule has 1 saturated heterocycles. The van der Waals surface area contributed by atoms with Crippen LogP contribution in [0.1, 0.15) is 46.1 Å². The van der Waals surface area contributed by atoms with Crippen molar-refractivity contribution < 1.29 is 19.0 Å². The zero-order valence-electron chi connectivity index (χ0n) is 15.0. The second kappa shape index (κ2) is 6.95. The molecule has 1 aromatic carbocycles. The second-order valence-corrected chi connectivity index (χ2v) is 7.48. The van der Waals surface area contributed by atoms with Gasteiger partial charge in [0.05, 0.1) is 18.8 Å². The average Bonchev–Trinajstić information content (AvgIpc) is 2.87. The predicted molar refractivity (Wildman–Crippen MR) is 91.4 cm³/mol. The molecule has 2 fully saturated rings. The van der Waals surface area contributed by atoms with E-state index in [0.717, 1.165) is 12.0 Å². The van der Waals surface area contributed by atoms with Gasteiger partial charge in [-0.2, -0.15) is 0 Å². The maximum Gasteiger partial charge on any atom is 0.163 e. The maximum atomic E-state index is 12.2. The molecule has 4 unspecified atom stereocenters. The smallest absolute Gasteiger partial charge is 0.163 e. The molecular weight excluding hydrogens is 304 g/mol. The standard InChI is InChI=1S/C20H28O4/c1-5-16-18(24-20(3,4)23-16)19(17-13(2)11-15(17)21)22-12-14-9-7-6-8-10-14/h6-10,13,16-19H,5,11-12H2,1-4H3/t13?,16-,17?,18?,19?/m0/s1. The van der Waals surface area contributed by atoms with Crippen LogP contribution in [0.15, 0.2) is 30.3 Å². The SMILES string of the molecule is CC[C@@H]1OC(C)(C)OC1C(OCc1ccccc1)C1C(=O)CC1C. The van der Waals surface area contributed by atoms with Gasteiger partial charge in [-0.25, -0.2) is 0 Å². The normalized spacial score (nSPS) is 33.2. The predicted octanol–water partition coefficient (Wildman–Crippen LogP) is 3.73. The van der Waals surface area contributed by atoms with E-state index in [2.05, 4.69) is 13.8 Å². The third-order valence-electron chi connectivity index (χ3n) is 5.09. The molecule has 1 aromatic rings. The van der Waals surface area contributed by atoms with Gasteiger partial charge >= 0.3 is 0 Å². The van der Waals surface area contributed by atoms with Crippen LogP contribution in [0.4, 0.5) is 0 Å². The van der Waals surface area contributed by atoms with Crippen molar-refractivity contribution in [2.24, 2.45) is 11.8 Å². The quantitative estimate of drug-likeness (QED) is 0.796. The number of carbonyl (C=O) groups excluding carboxylic acids is 1. The summed E-state index contributed by atoms with van der Waals surface area (Å²) in [6.45, 7) is 8.54. The number of Topliss-reactive ketones (excluding diaryl/α,β-unsaturated/α-hetero) is 1. The van der Waals surface area contributed by atoms with Crippen LogP contribution in [0, 0.1) is 11.8 Å². The Hall–Kier alpha value is -1.23. The molecule has 132 valence electrons. The first-order chi connectivity index (χ1) is 11.4. The third-order valence-corrected chi connectivity index (χ3v) is 5.09. The van der Waals surface area contributed by atoms with Crippen LogP contribution < -0.4 is 0 Å². The van der Waals surface area contributed by atoms with E-state index in [4.69, 9.17) is 14.2 Å². The number of hydrogen-bond donors (Lipinski definition) is 0. The number of carbonyl (C=O) groups is 1. The Morgan fingerprint density at radius 1 is 1.25 bits per heavy atom. The van der Waals surface area contributed by atoms with Crippen LogP contribution in [0.25, 0.3) is 0 Å². The van der Waals surface area contributed by atoms with E-state index < -0.39 is 5.79 Å². The number of hydrogen-bond acceptors (Lipinski definition) is 4. The van der Waals surface area contributed by atoms with Crippen LogP contribution in [-0.2, 0) is 25.6 Å². The molecule has 0 spiro atoms. The van der Waals surface area contributed by atoms with Crippen LogP contribution in [0.3, 0.4) is 0 Å². The van der Waals surface area contributed by atoms with Crippen LogP contribution in [-0.4, -0.2) is 29.9 Å². The summed E-state index contributed by atoms with van der Waals surface area (Å²) in [6.07, 6.45) is 0.984. The van der Waals surface area contributed by atoms with Crippen LogP contribution in [0.2, 0.25) is 0 Å². The molecule has 0 radical (unpaired) electrons. The van der Waals surface area contributed by atoms with E-state index in [1.807, 2.05) is 44.2 Å². The van der Waals surface area contributed by atoms with Crippen molar-refractivity contribution >= 4 is 5.78 Å². The van der Waals surface area contributed by atoms with E-state index in [1.54, 1.807) is 0 Å². The Balaban J connectivity index is 1.78. The van der Waals surface area contributed by atoms with E-state index in [1.165, 1.54) is 0 Å². The second-order valence-electron chi connectivity index (χ2n) is 7.48. The molecule has 0 amide bonds. The van der Waals surface area contributed by atoms with Crippen molar-refractivity contribution in [3.63, 3.8) is 0 Å². The molecule has 2 aliphatic rings. The summed E-state index contributed by atoms with van der Waals surface area (Å²) in [4.78, 5) is 12.2. The number of ketones is 1. The van der Waals surface area contributed by atoms with Crippen molar-refractivity contribution in [2.75, 3.05) is 0 Å². The van der Waals surface area contributed by atoms with Gasteiger partial charge in [-0.1, -0.05) is 44.2 Å². The highest BCUT2D eigenvalue weighted by molar-refractivity contribution is 5.87. The maximum absolute atomic E-state index is 12.2. The summed E-state index contributed by atoms with van der Waals surface area (Å²) in [7, 11) is 0. The van der Waals surface area contributed by atoms with Gasteiger partial charge in [-0.3, -0.25) is 4.79 Å². The lowest BCUT2D eigenvalue weighted by atomic mass is 9.68. The minimum atomic E-state index is -0.629. The Bertz CT molecular complexity index is 568. The van der Waals surface area contributed by atoms with E-state index >= 15 is 0 Å². The fourth-order valence-corrected chi connectivity index (χ4v) is 3.87. The van der Waals surface area contributed by atoms with Gasteiger partial charge in [0.1, 0.15) is 11.9 Å². The molecule has 4 heteroatoms. The first-order valence-corrected chi connectivity index (χ1v) is 8.95. The topological polar surface area (TPSA) is 44.8 Å². The van der Waals surface area contributed by atoms with Crippen molar-refractivity contribution in [2.45, 2.75) is 71.2 Å². The first-order valence-electron chi connectivity index (χ1n) is 8.95. The highest BCUT2D eigenvalue weighted by Crippen LogP contribution is 2.41. The fraction of sp³-hybridized carbons (Fsp3) is 0.650. The highest BCUT2D eigenvalue weighted by atomic mass is 16.8. The van der Waals surface area contributed by atoms with Crippen molar-refractivity contribution in [1.82, 2.24) is 0 Å². The summed E-state index contributed by atoms with van der Waals surface area (Å²) in [5, 5.41) is 0. The van der Waals surface area contributed by atoms with Gasteiger partial charge in [-0.15, -0.1) is 0 Å². The largest absolute Gasteiger partial charge is 0.370 e.